The van der Waals surface area contributed by atoms with E-state index in [4.69, 9.17) is 9.47 Å². The predicted octanol–water partition coefficient (Wildman–Crippen LogP) is 3.85. The number of pyridine rings is 1. The van der Waals surface area contributed by atoms with Crippen LogP contribution in [0.15, 0.2) is 30.5 Å². The zero-order chi connectivity index (χ0) is 14.5. The van der Waals surface area contributed by atoms with Crippen molar-refractivity contribution >= 4 is 0 Å². The maximum Gasteiger partial charge on any atom is 0.131 e. The third-order valence-electron chi connectivity index (χ3n) is 3.47. The first-order chi connectivity index (χ1) is 9.67. The topological polar surface area (TPSA) is 31.4 Å². The number of rotatable bonds is 5. The largest absolute Gasteiger partial charge is 0.496 e. The lowest BCUT2D eigenvalue weighted by molar-refractivity contribution is 0.296. The van der Waals surface area contributed by atoms with E-state index in [1.807, 2.05) is 38.2 Å². The SMILES string of the molecule is CCc1ccccc1OCc1ncc(C)c(OC)c1C. The Morgan fingerprint density at radius 3 is 2.60 bits per heavy atom. The van der Waals surface area contributed by atoms with Crippen LogP contribution in [0.3, 0.4) is 0 Å². The van der Waals surface area contributed by atoms with Gasteiger partial charge in [0, 0.05) is 17.3 Å². The Labute approximate surface area is 120 Å². The van der Waals surface area contributed by atoms with Crippen LogP contribution in [0.4, 0.5) is 0 Å². The Bertz CT molecular complexity index is 594. The van der Waals surface area contributed by atoms with E-state index in [1.54, 1.807) is 7.11 Å². The quantitative estimate of drug-likeness (QED) is 0.827. The molecule has 0 atom stereocenters. The van der Waals surface area contributed by atoms with Gasteiger partial charge in [0.05, 0.1) is 12.8 Å². The summed E-state index contributed by atoms with van der Waals surface area (Å²) in [5, 5.41) is 0. The number of nitrogens with zero attached hydrogens (tertiary/aromatic N) is 1. The minimum Gasteiger partial charge on any atom is -0.496 e. The molecule has 3 nitrogen and oxygen atoms in total. The highest BCUT2D eigenvalue weighted by Gasteiger charge is 2.10. The Hall–Kier alpha value is -2.03. The molecule has 0 unspecified atom stereocenters. The molecule has 0 radical (unpaired) electrons. The van der Waals surface area contributed by atoms with Crippen LogP contribution in [0.5, 0.6) is 11.5 Å². The van der Waals surface area contributed by atoms with E-state index < -0.39 is 0 Å². The molecule has 1 heterocycles. The molecule has 0 saturated heterocycles. The molecule has 0 amide bonds. The van der Waals surface area contributed by atoms with E-state index in [2.05, 4.69) is 18.0 Å². The van der Waals surface area contributed by atoms with Gasteiger partial charge >= 0.3 is 0 Å². The van der Waals surface area contributed by atoms with Gasteiger partial charge in [-0.25, -0.2) is 0 Å². The molecule has 3 heteroatoms. The fourth-order valence-electron chi connectivity index (χ4n) is 2.30. The summed E-state index contributed by atoms with van der Waals surface area (Å²) in [5.41, 5.74) is 4.21. The number of hydrogen-bond acceptors (Lipinski definition) is 3. The average Bonchev–Trinajstić information content (AvgIpc) is 2.47. The van der Waals surface area contributed by atoms with Gasteiger partial charge in [0.2, 0.25) is 0 Å². The van der Waals surface area contributed by atoms with Gasteiger partial charge in [-0.15, -0.1) is 0 Å². The van der Waals surface area contributed by atoms with Crippen molar-refractivity contribution in [1.82, 2.24) is 4.98 Å². The second kappa shape index (κ2) is 6.42. The van der Waals surface area contributed by atoms with Crippen LogP contribution in [0, 0.1) is 13.8 Å². The lowest BCUT2D eigenvalue weighted by Gasteiger charge is -2.14. The summed E-state index contributed by atoms with van der Waals surface area (Å²) in [6, 6.07) is 8.11. The Morgan fingerprint density at radius 2 is 1.90 bits per heavy atom. The maximum absolute atomic E-state index is 5.92. The standard InChI is InChI=1S/C17H21NO2/c1-5-14-8-6-7-9-16(14)20-11-15-13(3)17(19-4)12(2)10-18-15/h6-10H,5,11H2,1-4H3. The van der Waals surface area contributed by atoms with Crippen LogP contribution < -0.4 is 9.47 Å². The van der Waals surface area contributed by atoms with E-state index in [9.17, 15) is 0 Å². The number of methoxy groups -OCH3 is 1. The maximum atomic E-state index is 5.92. The van der Waals surface area contributed by atoms with Gasteiger partial charge in [-0.2, -0.15) is 0 Å². The molecule has 0 fully saturated rings. The summed E-state index contributed by atoms with van der Waals surface area (Å²) < 4.78 is 11.3. The Morgan fingerprint density at radius 1 is 1.15 bits per heavy atom. The number of benzene rings is 1. The molecule has 0 bridgehead atoms. The van der Waals surface area contributed by atoms with Crippen LogP contribution in [-0.4, -0.2) is 12.1 Å². The van der Waals surface area contributed by atoms with Gasteiger partial charge in [-0.1, -0.05) is 25.1 Å². The first kappa shape index (κ1) is 14.4. The molecule has 0 saturated carbocycles. The summed E-state index contributed by atoms with van der Waals surface area (Å²) in [5.74, 6) is 1.82. The molecular weight excluding hydrogens is 250 g/mol. The second-order valence-electron chi connectivity index (χ2n) is 4.80. The number of aromatic nitrogens is 1. The fraction of sp³-hybridized carbons (Fsp3) is 0.353. The van der Waals surface area contributed by atoms with Crippen molar-refractivity contribution < 1.29 is 9.47 Å². The van der Waals surface area contributed by atoms with Crippen molar-refractivity contribution in [3.8, 4) is 11.5 Å². The highest BCUT2D eigenvalue weighted by Crippen LogP contribution is 2.25. The van der Waals surface area contributed by atoms with Gasteiger partial charge in [0.15, 0.2) is 0 Å². The first-order valence-electron chi connectivity index (χ1n) is 6.87. The zero-order valence-electron chi connectivity index (χ0n) is 12.6. The minimum atomic E-state index is 0.458. The van der Waals surface area contributed by atoms with Gasteiger partial charge in [-0.05, 0) is 31.9 Å². The molecule has 0 aliphatic carbocycles. The molecule has 106 valence electrons. The van der Waals surface area contributed by atoms with E-state index in [1.165, 1.54) is 5.56 Å². The first-order valence-corrected chi connectivity index (χ1v) is 6.87. The van der Waals surface area contributed by atoms with E-state index in [0.717, 1.165) is 34.7 Å². The zero-order valence-corrected chi connectivity index (χ0v) is 12.6. The van der Waals surface area contributed by atoms with E-state index >= 15 is 0 Å². The molecule has 20 heavy (non-hydrogen) atoms. The number of para-hydroxylation sites is 1. The van der Waals surface area contributed by atoms with Gasteiger partial charge in [-0.3, -0.25) is 4.98 Å². The van der Waals surface area contributed by atoms with Crippen molar-refractivity contribution in [2.45, 2.75) is 33.8 Å². The van der Waals surface area contributed by atoms with Gasteiger partial charge in [0.25, 0.3) is 0 Å². The second-order valence-corrected chi connectivity index (χ2v) is 4.80. The minimum absolute atomic E-state index is 0.458. The third-order valence-corrected chi connectivity index (χ3v) is 3.47. The normalized spacial score (nSPS) is 10.4. The average molecular weight is 271 g/mol. The van der Waals surface area contributed by atoms with Crippen molar-refractivity contribution in [2.24, 2.45) is 0 Å². The van der Waals surface area contributed by atoms with Crippen LogP contribution in [0.1, 0.15) is 29.3 Å². The molecule has 2 aromatic rings. The van der Waals surface area contributed by atoms with Crippen LogP contribution in [-0.2, 0) is 13.0 Å². The molecule has 0 aliphatic rings. The van der Waals surface area contributed by atoms with Crippen LogP contribution in [0.2, 0.25) is 0 Å². The molecular formula is C17H21NO2. The molecule has 1 aromatic heterocycles. The summed E-state index contributed by atoms with van der Waals surface area (Å²) in [4.78, 5) is 4.45. The van der Waals surface area contributed by atoms with E-state index in [-0.39, 0.29) is 0 Å². The third kappa shape index (κ3) is 2.93. The highest BCUT2D eigenvalue weighted by molar-refractivity contribution is 5.41. The van der Waals surface area contributed by atoms with Gasteiger partial charge in [0.1, 0.15) is 18.1 Å². The molecule has 1 aromatic carbocycles. The van der Waals surface area contributed by atoms with Gasteiger partial charge < -0.3 is 9.47 Å². The number of aryl methyl sites for hydroxylation is 2. The summed E-state index contributed by atoms with van der Waals surface area (Å²) in [6.45, 7) is 6.60. The smallest absolute Gasteiger partial charge is 0.131 e. The van der Waals surface area contributed by atoms with Crippen molar-refractivity contribution in [2.75, 3.05) is 7.11 Å². The van der Waals surface area contributed by atoms with Crippen molar-refractivity contribution in [3.63, 3.8) is 0 Å². The Balaban J connectivity index is 2.19. The van der Waals surface area contributed by atoms with Crippen LogP contribution in [0.25, 0.3) is 0 Å². The molecule has 2 rings (SSSR count). The van der Waals surface area contributed by atoms with Crippen molar-refractivity contribution in [1.29, 1.82) is 0 Å². The molecule has 0 aliphatic heterocycles. The summed E-state index contributed by atoms with van der Waals surface area (Å²) in [7, 11) is 1.69. The predicted molar refractivity (Wildman–Crippen MR) is 80.4 cm³/mol. The lowest BCUT2D eigenvalue weighted by atomic mass is 10.1. The number of hydrogen-bond donors (Lipinski definition) is 0. The summed E-state index contributed by atoms with van der Waals surface area (Å²) >= 11 is 0. The molecule has 0 N–H and O–H groups in total. The Kier molecular flexibility index (Phi) is 4.61. The fourth-order valence-corrected chi connectivity index (χ4v) is 2.30. The van der Waals surface area contributed by atoms with Crippen molar-refractivity contribution in [3.05, 3.63) is 52.8 Å². The highest BCUT2D eigenvalue weighted by atomic mass is 16.5. The van der Waals surface area contributed by atoms with Crippen LogP contribution >= 0.6 is 0 Å². The monoisotopic (exact) mass is 271 g/mol. The van der Waals surface area contributed by atoms with E-state index in [0.29, 0.717) is 6.61 Å². The summed E-state index contributed by atoms with van der Waals surface area (Å²) in [6.07, 6.45) is 2.79. The number of ether oxygens (including phenoxy) is 2. The lowest BCUT2D eigenvalue weighted by Crippen LogP contribution is -2.05. The molecule has 0 spiro atoms.